The van der Waals surface area contributed by atoms with E-state index >= 15 is 0 Å². The highest BCUT2D eigenvalue weighted by Crippen LogP contribution is 2.00. The molecule has 1 amide bonds. The largest absolute Gasteiger partial charge is 0.352 e. The minimum atomic E-state index is -0.533. The summed E-state index contributed by atoms with van der Waals surface area (Å²) in [6.45, 7) is 0.405. The molecule has 2 aromatic heterocycles. The third-order valence-corrected chi connectivity index (χ3v) is 2.10. The van der Waals surface area contributed by atoms with E-state index in [-0.39, 0.29) is 11.5 Å². The van der Waals surface area contributed by atoms with Crippen LogP contribution in [0.2, 0.25) is 0 Å². The summed E-state index contributed by atoms with van der Waals surface area (Å²) in [6.07, 6.45) is 4.50. The van der Waals surface area contributed by atoms with Gasteiger partial charge in [-0.15, -0.1) is 0 Å². The van der Waals surface area contributed by atoms with Gasteiger partial charge in [-0.3, -0.25) is 9.78 Å². The van der Waals surface area contributed by atoms with Crippen molar-refractivity contribution in [1.29, 1.82) is 0 Å². The van der Waals surface area contributed by atoms with Crippen molar-refractivity contribution in [2.24, 2.45) is 0 Å². The summed E-state index contributed by atoms with van der Waals surface area (Å²) in [5.74, 6) is -0.894. The lowest BCUT2D eigenvalue weighted by Crippen LogP contribution is -2.26. The highest BCUT2D eigenvalue weighted by atomic mass is 19.1. The molecule has 88 valence electrons. The van der Waals surface area contributed by atoms with Gasteiger partial charge in [-0.1, -0.05) is 0 Å². The van der Waals surface area contributed by atoms with E-state index in [1.54, 1.807) is 6.20 Å². The first-order valence-corrected chi connectivity index (χ1v) is 4.99. The fourth-order valence-electron chi connectivity index (χ4n) is 1.29. The lowest BCUT2D eigenvalue weighted by molar-refractivity contribution is 0.0953. The molecule has 17 heavy (non-hydrogen) atoms. The van der Waals surface area contributed by atoms with E-state index < -0.39 is 5.82 Å². The summed E-state index contributed by atoms with van der Waals surface area (Å²) in [5.41, 5.74) is 0.952. The van der Waals surface area contributed by atoms with Crippen molar-refractivity contribution < 1.29 is 9.18 Å². The van der Waals surface area contributed by atoms with Crippen molar-refractivity contribution in [3.8, 4) is 0 Å². The van der Waals surface area contributed by atoms with Gasteiger partial charge in [0.2, 0.25) is 0 Å². The third kappa shape index (κ3) is 3.07. The number of nitrogens with one attached hydrogen (secondary N) is 2. The topological polar surface area (TPSA) is 83.6 Å². The minimum Gasteiger partial charge on any atom is -0.352 e. The molecule has 0 atom stereocenters. The van der Waals surface area contributed by atoms with Crippen molar-refractivity contribution in [3.63, 3.8) is 0 Å². The number of carbonyl (C=O) groups is 1. The van der Waals surface area contributed by atoms with Crippen LogP contribution >= 0.6 is 0 Å². The first kappa shape index (κ1) is 11.2. The second-order valence-corrected chi connectivity index (χ2v) is 3.36. The average Bonchev–Trinajstić information content (AvgIpc) is 2.82. The number of nitrogens with zero attached hydrogens (tertiary/aromatic N) is 3. The van der Waals surface area contributed by atoms with Gasteiger partial charge in [0.15, 0.2) is 0 Å². The minimum absolute atomic E-state index is 0.199. The van der Waals surface area contributed by atoms with E-state index in [1.165, 1.54) is 6.20 Å². The quantitative estimate of drug-likeness (QED) is 0.799. The maximum atomic E-state index is 12.8. The van der Waals surface area contributed by atoms with Gasteiger partial charge in [0.25, 0.3) is 5.91 Å². The lowest BCUT2D eigenvalue weighted by atomic mass is 10.2. The maximum absolute atomic E-state index is 12.8. The Bertz CT molecular complexity index is 499. The number of carbonyl (C=O) groups excluding carboxylic acids is 1. The summed E-state index contributed by atoms with van der Waals surface area (Å²) in [5, 5.41) is 12.6. The first-order valence-electron chi connectivity index (χ1n) is 4.99. The van der Waals surface area contributed by atoms with Gasteiger partial charge in [-0.2, -0.15) is 15.4 Å². The molecule has 0 radical (unpaired) electrons. The Morgan fingerprint density at radius 1 is 1.41 bits per heavy atom. The SMILES string of the molecule is O=C(NCCc1cn[nH]n1)c1cncc(F)c1. The molecule has 2 N–H and O–H groups in total. The van der Waals surface area contributed by atoms with Gasteiger partial charge >= 0.3 is 0 Å². The number of amides is 1. The Morgan fingerprint density at radius 2 is 2.29 bits per heavy atom. The highest BCUT2D eigenvalue weighted by molar-refractivity contribution is 5.93. The van der Waals surface area contributed by atoms with Crippen LogP contribution in [0.25, 0.3) is 0 Å². The monoisotopic (exact) mass is 235 g/mol. The molecule has 2 rings (SSSR count). The predicted octanol–water partition coefficient (Wildman–Crippen LogP) is 0.311. The average molecular weight is 235 g/mol. The Balaban J connectivity index is 1.85. The van der Waals surface area contributed by atoms with Gasteiger partial charge in [0, 0.05) is 19.2 Å². The molecular weight excluding hydrogens is 225 g/mol. The van der Waals surface area contributed by atoms with Crippen LogP contribution in [-0.2, 0) is 6.42 Å². The Morgan fingerprint density at radius 3 is 3.00 bits per heavy atom. The van der Waals surface area contributed by atoms with Crippen molar-refractivity contribution in [3.05, 3.63) is 41.7 Å². The third-order valence-electron chi connectivity index (χ3n) is 2.10. The number of pyridine rings is 1. The molecule has 2 aromatic rings. The number of hydrogen-bond acceptors (Lipinski definition) is 4. The van der Waals surface area contributed by atoms with Crippen molar-refractivity contribution >= 4 is 5.91 Å². The number of aromatic nitrogens is 4. The number of H-pyrrole nitrogens is 1. The molecule has 0 aliphatic carbocycles. The Kier molecular flexibility index (Phi) is 3.39. The van der Waals surface area contributed by atoms with Gasteiger partial charge < -0.3 is 5.32 Å². The summed E-state index contributed by atoms with van der Waals surface area (Å²) < 4.78 is 12.8. The molecule has 0 aromatic carbocycles. The summed E-state index contributed by atoms with van der Waals surface area (Å²) in [6, 6.07) is 1.14. The van der Waals surface area contributed by atoms with E-state index in [0.29, 0.717) is 13.0 Å². The Hall–Kier alpha value is -2.31. The summed E-state index contributed by atoms with van der Waals surface area (Å²) in [7, 11) is 0. The molecule has 0 aliphatic heterocycles. The van der Waals surface area contributed by atoms with Crippen LogP contribution in [-0.4, -0.2) is 32.8 Å². The van der Waals surface area contributed by atoms with Gasteiger partial charge in [-0.25, -0.2) is 4.39 Å². The number of rotatable bonds is 4. The molecule has 0 fully saturated rings. The summed E-state index contributed by atoms with van der Waals surface area (Å²) >= 11 is 0. The van der Waals surface area contributed by atoms with Crippen LogP contribution in [0.1, 0.15) is 16.1 Å². The van der Waals surface area contributed by atoms with E-state index in [1.807, 2.05) is 0 Å². The lowest BCUT2D eigenvalue weighted by Gasteiger charge is -2.03. The van der Waals surface area contributed by atoms with Crippen LogP contribution in [0.5, 0.6) is 0 Å². The highest BCUT2D eigenvalue weighted by Gasteiger charge is 2.06. The molecular formula is C10H10FN5O. The first-order chi connectivity index (χ1) is 8.25. The van der Waals surface area contributed by atoms with E-state index in [9.17, 15) is 9.18 Å². The fraction of sp³-hybridized carbons (Fsp3) is 0.200. The van der Waals surface area contributed by atoms with Crippen LogP contribution in [0, 0.1) is 5.82 Å². The zero-order chi connectivity index (χ0) is 12.1. The normalized spacial score (nSPS) is 10.2. The van der Waals surface area contributed by atoms with Gasteiger partial charge in [0.1, 0.15) is 5.82 Å². The van der Waals surface area contributed by atoms with Crippen LogP contribution < -0.4 is 5.32 Å². The molecule has 7 heteroatoms. The molecule has 0 saturated heterocycles. The molecule has 0 saturated carbocycles. The summed E-state index contributed by atoms with van der Waals surface area (Å²) in [4.78, 5) is 15.2. The van der Waals surface area contributed by atoms with Crippen molar-refractivity contribution in [2.45, 2.75) is 6.42 Å². The molecule has 0 bridgehead atoms. The zero-order valence-corrected chi connectivity index (χ0v) is 8.85. The van der Waals surface area contributed by atoms with Crippen molar-refractivity contribution in [2.75, 3.05) is 6.54 Å². The second-order valence-electron chi connectivity index (χ2n) is 3.36. The van der Waals surface area contributed by atoms with Gasteiger partial charge in [-0.05, 0) is 6.07 Å². The van der Waals surface area contributed by atoms with Crippen LogP contribution in [0.4, 0.5) is 4.39 Å². The molecule has 6 nitrogen and oxygen atoms in total. The van der Waals surface area contributed by atoms with E-state index in [4.69, 9.17) is 0 Å². The number of hydrogen-bond donors (Lipinski definition) is 2. The second kappa shape index (κ2) is 5.15. The zero-order valence-electron chi connectivity index (χ0n) is 8.85. The number of aromatic amines is 1. The fourth-order valence-corrected chi connectivity index (χ4v) is 1.29. The van der Waals surface area contributed by atoms with Crippen LogP contribution in [0.15, 0.2) is 24.7 Å². The molecule has 0 aliphatic rings. The maximum Gasteiger partial charge on any atom is 0.252 e. The Labute approximate surface area is 96.3 Å². The van der Waals surface area contributed by atoms with Gasteiger partial charge in [0.05, 0.1) is 23.7 Å². The van der Waals surface area contributed by atoms with E-state index in [0.717, 1.165) is 18.0 Å². The molecule has 2 heterocycles. The predicted molar refractivity (Wildman–Crippen MR) is 56.6 cm³/mol. The molecule has 0 spiro atoms. The van der Waals surface area contributed by atoms with Crippen LogP contribution in [0.3, 0.4) is 0 Å². The molecule has 0 unspecified atom stereocenters. The van der Waals surface area contributed by atoms with Crippen molar-refractivity contribution in [1.82, 2.24) is 25.7 Å². The standard InChI is InChI=1S/C10H10FN5O/c11-8-3-7(4-12-5-8)10(17)13-2-1-9-6-14-16-15-9/h3-6H,1-2H2,(H,13,17)(H,14,15,16). The smallest absolute Gasteiger partial charge is 0.252 e. The van der Waals surface area contributed by atoms with E-state index in [2.05, 4.69) is 25.7 Å². The number of halogens is 1.